The average Bonchev–Trinajstić information content (AvgIpc) is 3.41. The fourth-order valence-electron chi connectivity index (χ4n) is 9.40. The van der Waals surface area contributed by atoms with Gasteiger partial charge in [0.25, 0.3) is 0 Å². The van der Waals surface area contributed by atoms with Gasteiger partial charge in [-0.15, -0.1) is 0 Å². The lowest BCUT2D eigenvalue weighted by Crippen LogP contribution is -2.22. The van der Waals surface area contributed by atoms with Gasteiger partial charge in [0, 0.05) is 16.1 Å². The Morgan fingerprint density at radius 3 is 1.05 bits per heavy atom. The van der Waals surface area contributed by atoms with Gasteiger partial charge in [0.15, 0.2) is 0 Å². The molecular weight excluding hydrogens is 961 g/mol. The Kier molecular flexibility index (Phi) is 30.9. The van der Waals surface area contributed by atoms with Crippen LogP contribution in [0.4, 0.5) is 0 Å². The zero-order valence-electron chi connectivity index (χ0n) is 48.6. The molecule has 4 aromatic carbocycles. The molecule has 4 aromatic rings. The number of unbranched alkanes of at least 4 members (excludes halogenated alkanes) is 20. The lowest BCUT2D eigenvalue weighted by molar-refractivity contribution is 0.0725. The highest BCUT2D eigenvalue weighted by Crippen LogP contribution is 2.36. The molecule has 0 atom stereocenters. The monoisotopic (exact) mass is 1060 g/mol. The predicted molar refractivity (Wildman–Crippen MR) is 322 cm³/mol. The van der Waals surface area contributed by atoms with Crippen molar-refractivity contribution >= 4 is 28.1 Å². The van der Waals surface area contributed by atoms with Gasteiger partial charge >= 0.3 is 11.9 Å². The molecule has 0 unspecified atom stereocenters. The topological polar surface area (TPSA) is 80.3 Å². The van der Waals surface area contributed by atoms with Crippen molar-refractivity contribution in [2.45, 2.75) is 245 Å². The van der Waals surface area contributed by atoms with Crippen molar-refractivity contribution in [3.8, 4) is 34.5 Å². The highest BCUT2D eigenvalue weighted by molar-refractivity contribution is 6.77. The van der Waals surface area contributed by atoms with E-state index in [-0.39, 0.29) is 0 Å². The fraction of sp³-hybridized carbons (Fsp3) is 0.606. The van der Waals surface area contributed by atoms with Crippen LogP contribution in [0.5, 0.6) is 34.5 Å². The zero-order chi connectivity index (χ0) is 54.0. The largest absolute Gasteiger partial charge is 0.494 e. The Morgan fingerprint density at radius 2 is 0.693 bits per heavy atom. The molecule has 9 heteroatoms. The third-order valence-electron chi connectivity index (χ3n) is 15.4. The molecular formula is C66H102O7Si2. The van der Waals surface area contributed by atoms with E-state index >= 15 is 0 Å². The van der Waals surface area contributed by atoms with E-state index in [0.717, 1.165) is 85.5 Å². The van der Waals surface area contributed by atoms with Crippen LogP contribution in [-0.4, -0.2) is 41.3 Å². The van der Waals surface area contributed by atoms with Crippen molar-refractivity contribution in [1.29, 1.82) is 0 Å². The van der Waals surface area contributed by atoms with Crippen LogP contribution < -0.4 is 23.7 Å². The Balaban J connectivity index is 1.45. The molecule has 0 aromatic heterocycles. The molecule has 0 aliphatic rings. The summed E-state index contributed by atoms with van der Waals surface area (Å²) in [4.78, 5) is 27.1. The van der Waals surface area contributed by atoms with Gasteiger partial charge in [-0.3, -0.25) is 0 Å². The minimum atomic E-state index is -1.11. The molecule has 0 spiro atoms. The molecule has 0 N–H and O–H groups in total. The van der Waals surface area contributed by atoms with Gasteiger partial charge in [-0.25, -0.2) is 9.59 Å². The van der Waals surface area contributed by atoms with Crippen LogP contribution in [-0.2, 0) is 12.8 Å². The van der Waals surface area contributed by atoms with Crippen LogP contribution in [0, 0.1) is 0 Å². The van der Waals surface area contributed by atoms with Gasteiger partial charge in [0.2, 0.25) is 0 Å². The maximum atomic E-state index is 13.5. The molecule has 0 saturated heterocycles. The summed E-state index contributed by atoms with van der Waals surface area (Å²) in [5.41, 5.74) is 2.96. The number of hydrogen-bond acceptors (Lipinski definition) is 7. The van der Waals surface area contributed by atoms with Crippen molar-refractivity contribution in [3.63, 3.8) is 0 Å². The number of esters is 2. The Bertz CT molecular complexity index is 2010. The number of hydrogen-bond donors (Lipinski definition) is 0. The molecule has 7 nitrogen and oxygen atoms in total. The number of carbonyl (C=O) groups is 2. The summed E-state index contributed by atoms with van der Waals surface area (Å²) < 4.78 is 31.0. The molecule has 75 heavy (non-hydrogen) atoms. The smallest absolute Gasteiger partial charge is 0.343 e. The maximum absolute atomic E-state index is 13.5. The molecule has 4 rings (SSSR count). The van der Waals surface area contributed by atoms with Crippen LogP contribution >= 0.6 is 0 Å². The first-order valence-electron chi connectivity index (χ1n) is 30.2. The van der Waals surface area contributed by atoms with Crippen LogP contribution in [0.2, 0.25) is 50.4 Å². The van der Waals surface area contributed by atoms with Crippen molar-refractivity contribution in [1.82, 2.24) is 0 Å². The Labute approximate surface area is 459 Å². The van der Waals surface area contributed by atoms with Crippen molar-refractivity contribution in [2.75, 3.05) is 13.2 Å². The first kappa shape index (κ1) is 63.2. The number of aryl methyl sites for hydroxylation is 2. The summed E-state index contributed by atoms with van der Waals surface area (Å²) in [5.74, 6) is 3.20. The first-order chi connectivity index (χ1) is 36.3. The average molecular weight is 1060 g/mol. The summed E-state index contributed by atoms with van der Waals surface area (Å²) in [6.45, 7) is 20.5. The van der Waals surface area contributed by atoms with Crippen molar-refractivity contribution in [2.24, 2.45) is 0 Å². The molecule has 416 valence electrons. The lowest BCUT2D eigenvalue weighted by Gasteiger charge is -2.20. The normalized spacial score (nSPS) is 11.7. The second-order valence-corrected chi connectivity index (χ2v) is 34.1. The standard InChI is InChI=1S/C66H102O7Si2/c1-9-13-15-17-19-21-25-31-49-69-59-41-37-55(38-42-59)65(67)71-61-45-47-63(57(53-61)35-29-23-27-33-51-74(5,6)11-3)73-64-48-46-62(54-58(64)36-30-24-28-34-52-75(7,8)12-4)72-66(68)56-39-43-60(44-40-56)70-50-32-26-22-20-18-16-14-10-2/h37-48,53-54H,9-36,49-52H2,1-8H3. The number of rotatable bonds is 42. The number of carbonyl (C=O) groups excluding carboxylic acids is 2. The molecule has 0 amide bonds. The molecule has 0 heterocycles. The zero-order valence-corrected chi connectivity index (χ0v) is 50.6. The third kappa shape index (κ3) is 26.5. The molecule has 0 aliphatic heterocycles. The highest BCUT2D eigenvalue weighted by Gasteiger charge is 2.20. The van der Waals surface area contributed by atoms with Gasteiger partial charge in [0.05, 0.1) is 24.3 Å². The van der Waals surface area contributed by atoms with Gasteiger partial charge in [-0.2, -0.15) is 0 Å². The Morgan fingerprint density at radius 1 is 0.373 bits per heavy atom. The van der Waals surface area contributed by atoms with E-state index in [4.69, 9.17) is 23.7 Å². The number of ether oxygens (including phenoxy) is 5. The first-order valence-corrected chi connectivity index (χ1v) is 37.0. The van der Waals surface area contributed by atoms with Crippen LogP contribution in [0.3, 0.4) is 0 Å². The quantitative estimate of drug-likeness (QED) is 0.0189. The van der Waals surface area contributed by atoms with E-state index in [1.165, 1.54) is 140 Å². The lowest BCUT2D eigenvalue weighted by atomic mass is 10.0. The van der Waals surface area contributed by atoms with Crippen molar-refractivity contribution in [3.05, 3.63) is 107 Å². The van der Waals surface area contributed by atoms with Crippen LogP contribution in [0.1, 0.15) is 214 Å². The van der Waals surface area contributed by atoms with Gasteiger partial charge in [-0.05, 0) is 135 Å². The summed E-state index contributed by atoms with van der Waals surface area (Å²) in [6.07, 6.45) is 30.9. The van der Waals surface area contributed by atoms with E-state index < -0.39 is 28.1 Å². The van der Waals surface area contributed by atoms with Gasteiger partial charge in [0.1, 0.15) is 34.5 Å². The second kappa shape index (κ2) is 36.6. The minimum absolute atomic E-state index is 0.404. The van der Waals surface area contributed by atoms with E-state index in [1.807, 2.05) is 60.7 Å². The predicted octanol–water partition coefficient (Wildman–Crippen LogP) is 20.6. The van der Waals surface area contributed by atoms with Crippen LogP contribution in [0.15, 0.2) is 84.9 Å². The molecule has 0 aliphatic carbocycles. The molecule has 0 saturated carbocycles. The summed E-state index contributed by atoms with van der Waals surface area (Å²) >= 11 is 0. The second-order valence-electron chi connectivity index (χ2n) is 23.0. The molecule has 0 fully saturated rings. The van der Waals surface area contributed by atoms with E-state index in [1.54, 1.807) is 24.3 Å². The summed E-state index contributed by atoms with van der Waals surface area (Å²) in [6, 6.07) is 31.5. The Hall–Kier alpha value is -4.35. The third-order valence-corrected chi connectivity index (χ3v) is 22.7. The minimum Gasteiger partial charge on any atom is -0.494 e. The van der Waals surface area contributed by atoms with Gasteiger partial charge < -0.3 is 23.7 Å². The van der Waals surface area contributed by atoms with Crippen molar-refractivity contribution < 1.29 is 33.3 Å². The molecule has 0 radical (unpaired) electrons. The van der Waals surface area contributed by atoms with E-state index in [2.05, 4.69) is 53.9 Å². The van der Waals surface area contributed by atoms with Gasteiger partial charge in [-0.1, -0.05) is 206 Å². The van der Waals surface area contributed by atoms with E-state index in [0.29, 0.717) is 35.8 Å². The number of benzene rings is 4. The highest BCUT2D eigenvalue weighted by atomic mass is 28.3. The fourth-order valence-corrected chi connectivity index (χ4v) is 12.5. The summed E-state index contributed by atoms with van der Waals surface area (Å²) in [7, 11) is -2.21. The van der Waals surface area contributed by atoms with Crippen LogP contribution in [0.25, 0.3) is 0 Å². The maximum Gasteiger partial charge on any atom is 0.343 e. The summed E-state index contributed by atoms with van der Waals surface area (Å²) in [5, 5.41) is 0. The SMILES string of the molecule is CCCCCCCCCCOc1ccc(C(=O)Oc2ccc(Oc3ccc(OC(=O)c4ccc(OCCCCCCCCCC)cc4)cc3CCCCCC[Si](C)(C)CC)c(CCCCCC[Si](C)(C)CC)c2)cc1. The van der Waals surface area contributed by atoms with E-state index in [9.17, 15) is 9.59 Å². The molecule has 0 bridgehead atoms.